The molecule has 0 saturated heterocycles. The summed E-state index contributed by atoms with van der Waals surface area (Å²) >= 11 is 7.86. The molecule has 0 aliphatic rings. The number of nitrogens with zero attached hydrogens (tertiary/aromatic N) is 3. The lowest BCUT2D eigenvalue weighted by Crippen LogP contribution is -2.10. The predicted molar refractivity (Wildman–Crippen MR) is 145 cm³/mol. The maximum absolute atomic E-state index is 6.17. The minimum Gasteiger partial charge on any atom is -0.270 e. The lowest BCUT2D eigenvalue weighted by atomic mass is 9.87. The van der Waals surface area contributed by atoms with E-state index < -0.39 is 0 Å². The fraction of sp³-hybridized carbons (Fsp3) is 0.310. The number of halogens is 1. The second kappa shape index (κ2) is 9.59. The quantitative estimate of drug-likeness (QED) is 0.263. The zero-order valence-electron chi connectivity index (χ0n) is 20.8. The molecule has 0 unspecified atom stereocenters. The molecule has 3 nitrogen and oxygen atoms in total. The standard InChI is InChI=1S/C29H32ClN3S/c1-28(2,3)22-11-7-20(8-12-22)19-34-27-32-31-26(33(27)25-17-15-24(30)16-18-25)21-9-13-23(14-10-21)29(4,5)6/h7-18H,19H2,1-6H3. The summed E-state index contributed by atoms with van der Waals surface area (Å²) in [6.45, 7) is 13.4. The Morgan fingerprint density at radius 2 is 1.24 bits per heavy atom. The number of benzene rings is 3. The van der Waals surface area contributed by atoms with Gasteiger partial charge in [-0.1, -0.05) is 113 Å². The van der Waals surface area contributed by atoms with Crippen molar-refractivity contribution in [3.05, 3.63) is 94.5 Å². The van der Waals surface area contributed by atoms with Crippen molar-refractivity contribution >= 4 is 23.4 Å². The van der Waals surface area contributed by atoms with Crippen molar-refractivity contribution in [2.24, 2.45) is 0 Å². The first-order chi connectivity index (χ1) is 16.0. The molecule has 0 aliphatic carbocycles. The Morgan fingerprint density at radius 1 is 0.706 bits per heavy atom. The molecular weight excluding hydrogens is 458 g/mol. The Kier molecular flexibility index (Phi) is 6.93. The summed E-state index contributed by atoms with van der Waals surface area (Å²) in [7, 11) is 0. The minimum atomic E-state index is 0.103. The number of hydrogen-bond donors (Lipinski definition) is 0. The lowest BCUT2D eigenvalue weighted by Gasteiger charge is -2.19. The summed E-state index contributed by atoms with van der Waals surface area (Å²) in [6, 6.07) is 25.3. The maximum Gasteiger partial charge on any atom is 0.196 e. The molecule has 0 bridgehead atoms. The molecule has 0 amide bonds. The van der Waals surface area contributed by atoms with Gasteiger partial charge in [0.05, 0.1) is 0 Å². The van der Waals surface area contributed by atoms with Crippen molar-refractivity contribution in [1.82, 2.24) is 14.8 Å². The zero-order chi connectivity index (χ0) is 24.5. The molecule has 1 heterocycles. The van der Waals surface area contributed by atoms with Gasteiger partial charge in [-0.05, 0) is 51.8 Å². The Labute approximate surface area is 212 Å². The second-order valence-electron chi connectivity index (χ2n) is 10.7. The molecule has 0 N–H and O–H groups in total. The molecule has 0 atom stereocenters. The normalized spacial score (nSPS) is 12.2. The van der Waals surface area contributed by atoms with Crippen LogP contribution in [0.1, 0.15) is 58.2 Å². The summed E-state index contributed by atoms with van der Waals surface area (Å²) in [5.41, 5.74) is 6.18. The van der Waals surface area contributed by atoms with E-state index in [0.29, 0.717) is 5.02 Å². The molecule has 3 aromatic carbocycles. The van der Waals surface area contributed by atoms with Crippen LogP contribution in [0.15, 0.2) is 78.0 Å². The van der Waals surface area contributed by atoms with Crippen LogP contribution in [0.4, 0.5) is 0 Å². The third-order valence-electron chi connectivity index (χ3n) is 5.92. The van der Waals surface area contributed by atoms with Gasteiger partial charge in [0.1, 0.15) is 0 Å². The number of rotatable bonds is 5. The second-order valence-corrected chi connectivity index (χ2v) is 12.1. The highest BCUT2D eigenvalue weighted by atomic mass is 35.5. The minimum absolute atomic E-state index is 0.103. The van der Waals surface area contributed by atoms with Crippen molar-refractivity contribution < 1.29 is 0 Å². The first-order valence-corrected chi connectivity index (χ1v) is 12.9. The average Bonchev–Trinajstić information content (AvgIpc) is 3.21. The van der Waals surface area contributed by atoms with Crippen molar-refractivity contribution in [1.29, 1.82) is 0 Å². The third kappa shape index (κ3) is 5.56. The van der Waals surface area contributed by atoms with Crippen LogP contribution < -0.4 is 0 Å². The number of hydrogen-bond acceptors (Lipinski definition) is 3. The highest BCUT2D eigenvalue weighted by molar-refractivity contribution is 7.98. The Hall–Kier alpha value is -2.56. The highest BCUT2D eigenvalue weighted by Gasteiger charge is 2.19. The van der Waals surface area contributed by atoms with Crippen LogP contribution in [-0.4, -0.2) is 14.8 Å². The Bertz CT molecular complexity index is 1240. The van der Waals surface area contributed by atoms with E-state index in [-0.39, 0.29) is 10.8 Å². The third-order valence-corrected chi connectivity index (χ3v) is 7.17. The largest absolute Gasteiger partial charge is 0.270 e. The van der Waals surface area contributed by atoms with Gasteiger partial charge in [0.2, 0.25) is 0 Å². The summed E-state index contributed by atoms with van der Waals surface area (Å²) in [4.78, 5) is 0. The van der Waals surface area contributed by atoms with Gasteiger partial charge in [-0.15, -0.1) is 10.2 Å². The number of aromatic nitrogens is 3. The van der Waals surface area contributed by atoms with Gasteiger partial charge in [-0.3, -0.25) is 4.57 Å². The SMILES string of the molecule is CC(C)(C)c1ccc(CSc2nnc(-c3ccc(C(C)(C)C)cc3)n2-c2ccc(Cl)cc2)cc1. The Balaban J connectivity index is 1.66. The van der Waals surface area contributed by atoms with Crippen molar-refractivity contribution in [2.45, 2.75) is 63.3 Å². The van der Waals surface area contributed by atoms with E-state index in [9.17, 15) is 0 Å². The Morgan fingerprint density at radius 3 is 1.76 bits per heavy atom. The van der Waals surface area contributed by atoms with E-state index in [2.05, 4.69) is 105 Å². The fourth-order valence-electron chi connectivity index (χ4n) is 3.74. The molecule has 0 spiro atoms. The van der Waals surface area contributed by atoms with Crippen LogP contribution in [0.25, 0.3) is 17.1 Å². The molecular formula is C29H32ClN3S. The molecule has 4 aromatic rings. The average molecular weight is 490 g/mol. The van der Waals surface area contributed by atoms with Crippen LogP contribution >= 0.6 is 23.4 Å². The van der Waals surface area contributed by atoms with Crippen LogP contribution in [0.2, 0.25) is 5.02 Å². The van der Waals surface area contributed by atoms with E-state index in [4.69, 9.17) is 11.6 Å². The molecule has 0 saturated carbocycles. The van der Waals surface area contributed by atoms with E-state index in [0.717, 1.165) is 28.0 Å². The molecule has 5 heteroatoms. The monoisotopic (exact) mass is 489 g/mol. The van der Waals surface area contributed by atoms with Gasteiger partial charge in [0, 0.05) is 22.0 Å². The maximum atomic E-state index is 6.17. The van der Waals surface area contributed by atoms with Crippen molar-refractivity contribution in [3.63, 3.8) is 0 Å². The van der Waals surface area contributed by atoms with E-state index in [1.54, 1.807) is 11.8 Å². The topological polar surface area (TPSA) is 30.7 Å². The van der Waals surface area contributed by atoms with Gasteiger partial charge in [-0.2, -0.15) is 0 Å². The van der Waals surface area contributed by atoms with Gasteiger partial charge in [-0.25, -0.2) is 0 Å². The molecule has 1 aromatic heterocycles. The highest BCUT2D eigenvalue weighted by Crippen LogP contribution is 2.32. The molecule has 4 rings (SSSR count). The zero-order valence-corrected chi connectivity index (χ0v) is 22.3. The first-order valence-electron chi connectivity index (χ1n) is 11.6. The summed E-state index contributed by atoms with van der Waals surface area (Å²) in [6.07, 6.45) is 0. The van der Waals surface area contributed by atoms with Gasteiger partial charge >= 0.3 is 0 Å². The summed E-state index contributed by atoms with van der Waals surface area (Å²) < 4.78 is 2.12. The molecule has 0 aliphatic heterocycles. The van der Waals surface area contributed by atoms with Crippen LogP contribution in [0.3, 0.4) is 0 Å². The van der Waals surface area contributed by atoms with Crippen LogP contribution in [-0.2, 0) is 16.6 Å². The van der Waals surface area contributed by atoms with Gasteiger partial charge < -0.3 is 0 Å². The molecule has 176 valence electrons. The van der Waals surface area contributed by atoms with Crippen LogP contribution in [0.5, 0.6) is 0 Å². The summed E-state index contributed by atoms with van der Waals surface area (Å²) in [5, 5.41) is 10.7. The van der Waals surface area contributed by atoms with Crippen LogP contribution in [0, 0.1) is 0 Å². The first kappa shape index (κ1) is 24.6. The number of thioether (sulfide) groups is 1. The van der Waals surface area contributed by atoms with Gasteiger partial charge in [0.15, 0.2) is 11.0 Å². The predicted octanol–water partition coefficient (Wildman–Crippen LogP) is 8.48. The van der Waals surface area contributed by atoms with Gasteiger partial charge in [0.25, 0.3) is 0 Å². The smallest absolute Gasteiger partial charge is 0.196 e. The lowest BCUT2D eigenvalue weighted by molar-refractivity contribution is 0.590. The molecule has 0 fully saturated rings. The van der Waals surface area contributed by atoms with Crippen molar-refractivity contribution in [3.8, 4) is 17.1 Å². The van der Waals surface area contributed by atoms with E-state index in [1.165, 1.54) is 16.7 Å². The van der Waals surface area contributed by atoms with E-state index in [1.807, 2.05) is 24.3 Å². The van der Waals surface area contributed by atoms with Crippen molar-refractivity contribution in [2.75, 3.05) is 0 Å². The molecule has 34 heavy (non-hydrogen) atoms. The fourth-order valence-corrected chi connectivity index (χ4v) is 4.78. The molecule has 0 radical (unpaired) electrons. The van der Waals surface area contributed by atoms with E-state index >= 15 is 0 Å². The summed E-state index contributed by atoms with van der Waals surface area (Å²) in [5.74, 6) is 1.65.